The topological polar surface area (TPSA) is 109 Å². The molecule has 7 heteroatoms. The van der Waals surface area contributed by atoms with Crippen LogP contribution in [0.5, 0.6) is 0 Å². The lowest BCUT2D eigenvalue weighted by Gasteiger charge is -1.96. The molecular weight excluding hydrogens is 274 g/mol. The molecular formula is C14H9N3O4. The van der Waals surface area contributed by atoms with Gasteiger partial charge in [-0.15, -0.1) is 10.2 Å². The van der Waals surface area contributed by atoms with Crippen LogP contribution < -0.4 is 5.43 Å². The number of carboxylic acid groups (broad SMARTS) is 1. The first-order chi connectivity index (χ1) is 10.1. The quantitative estimate of drug-likeness (QED) is 0.758. The molecule has 7 nitrogen and oxygen atoms in total. The molecule has 3 aromatic rings. The van der Waals surface area contributed by atoms with Crippen LogP contribution in [-0.2, 0) is 0 Å². The molecule has 2 aromatic heterocycles. The Morgan fingerprint density at radius 2 is 1.81 bits per heavy atom. The molecule has 3 rings (SSSR count). The van der Waals surface area contributed by atoms with Crippen LogP contribution in [0.1, 0.15) is 10.4 Å². The molecule has 0 aliphatic heterocycles. The number of carboxylic acids is 1. The van der Waals surface area contributed by atoms with E-state index in [-0.39, 0.29) is 28.3 Å². The standard InChI is InChI=1S/C14H9N3O4/c18-11-5-6-15-7-10(11)13-17-16-12(21-13)8-1-3-9(4-2-8)14(19)20/h1-7H,(H,15,18)(H,19,20). The van der Waals surface area contributed by atoms with E-state index < -0.39 is 5.97 Å². The van der Waals surface area contributed by atoms with Crippen LogP contribution >= 0.6 is 0 Å². The average molecular weight is 283 g/mol. The third-order valence-electron chi connectivity index (χ3n) is 2.86. The fourth-order valence-corrected chi connectivity index (χ4v) is 1.79. The maximum Gasteiger partial charge on any atom is 0.335 e. The monoisotopic (exact) mass is 283 g/mol. The van der Waals surface area contributed by atoms with E-state index >= 15 is 0 Å². The summed E-state index contributed by atoms with van der Waals surface area (Å²) in [5.74, 6) is -0.692. The van der Waals surface area contributed by atoms with Gasteiger partial charge < -0.3 is 14.5 Å². The van der Waals surface area contributed by atoms with Gasteiger partial charge in [0.05, 0.1) is 5.56 Å². The fraction of sp³-hybridized carbons (Fsp3) is 0. The molecule has 104 valence electrons. The molecule has 0 unspecified atom stereocenters. The van der Waals surface area contributed by atoms with Gasteiger partial charge in [-0.3, -0.25) is 4.79 Å². The Bertz CT molecular complexity index is 849. The maximum absolute atomic E-state index is 11.7. The van der Waals surface area contributed by atoms with Gasteiger partial charge in [0, 0.05) is 24.0 Å². The fourth-order valence-electron chi connectivity index (χ4n) is 1.79. The molecule has 0 aliphatic carbocycles. The van der Waals surface area contributed by atoms with Crippen molar-refractivity contribution in [3.05, 3.63) is 58.5 Å². The lowest BCUT2D eigenvalue weighted by molar-refractivity contribution is 0.0697. The number of benzene rings is 1. The number of aromatic carboxylic acids is 1. The van der Waals surface area contributed by atoms with Crippen LogP contribution in [-0.4, -0.2) is 26.3 Å². The number of nitrogens with one attached hydrogen (secondary N) is 1. The van der Waals surface area contributed by atoms with E-state index in [1.807, 2.05) is 0 Å². The number of hydrogen-bond acceptors (Lipinski definition) is 5. The smallest absolute Gasteiger partial charge is 0.335 e. The first kappa shape index (κ1) is 12.8. The molecule has 0 fully saturated rings. The van der Waals surface area contributed by atoms with E-state index in [1.165, 1.54) is 30.6 Å². The van der Waals surface area contributed by atoms with Crippen molar-refractivity contribution < 1.29 is 14.3 Å². The number of rotatable bonds is 3. The van der Waals surface area contributed by atoms with Crippen LogP contribution in [0.3, 0.4) is 0 Å². The van der Waals surface area contributed by atoms with E-state index in [4.69, 9.17) is 9.52 Å². The minimum atomic E-state index is -1.01. The number of hydrogen-bond donors (Lipinski definition) is 2. The van der Waals surface area contributed by atoms with Crippen molar-refractivity contribution in [2.24, 2.45) is 0 Å². The second-order valence-electron chi connectivity index (χ2n) is 4.22. The Morgan fingerprint density at radius 1 is 1.10 bits per heavy atom. The third-order valence-corrected chi connectivity index (χ3v) is 2.86. The second kappa shape index (κ2) is 5.04. The summed E-state index contributed by atoms with van der Waals surface area (Å²) in [6, 6.07) is 7.38. The third kappa shape index (κ3) is 2.44. The van der Waals surface area contributed by atoms with Crippen molar-refractivity contribution >= 4 is 5.97 Å². The highest BCUT2D eigenvalue weighted by molar-refractivity contribution is 5.88. The molecule has 0 saturated heterocycles. The van der Waals surface area contributed by atoms with E-state index in [9.17, 15) is 9.59 Å². The molecule has 1 aromatic carbocycles. The molecule has 0 atom stereocenters. The van der Waals surface area contributed by atoms with E-state index in [0.717, 1.165) is 0 Å². The normalized spacial score (nSPS) is 10.5. The second-order valence-corrected chi connectivity index (χ2v) is 4.22. The van der Waals surface area contributed by atoms with Crippen molar-refractivity contribution in [3.8, 4) is 22.9 Å². The molecule has 0 spiro atoms. The summed E-state index contributed by atoms with van der Waals surface area (Å²) in [6.45, 7) is 0. The Kier molecular flexibility index (Phi) is 3.07. The van der Waals surface area contributed by atoms with Crippen LogP contribution in [0.2, 0.25) is 0 Å². The van der Waals surface area contributed by atoms with Crippen molar-refractivity contribution in [3.63, 3.8) is 0 Å². The Hall–Kier alpha value is -3.22. The minimum Gasteiger partial charge on any atom is -0.478 e. The Balaban J connectivity index is 1.97. The predicted molar refractivity (Wildman–Crippen MR) is 72.8 cm³/mol. The Morgan fingerprint density at radius 3 is 2.48 bits per heavy atom. The largest absolute Gasteiger partial charge is 0.478 e. The lowest BCUT2D eigenvalue weighted by Crippen LogP contribution is -2.02. The van der Waals surface area contributed by atoms with Gasteiger partial charge in [-0.1, -0.05) is 0 Å². The first-order valence-corrected chi connectivity index (χ1v) is 6.00. The minimum absolute atomic E-state index is 0.106. The molecule has 0 saturated carbocycles. The van der Waals surface area contributed by atoms with Gasteiger partial charge in [0.1, 0.15) is 5.56 Å². The van der Waals surface area contributed by atoms with Gasteiger partial charge in [0.15, 0.2) is 5.43 Å². The molecule has 2 heterocycles. The summed E-state index contributed by atoms with van der Waals surface area (Å²) >= 11 is 0. The summed E-state index contributed by atoms with van der Waals surface area (Å²) < 4.78 is 5.45. The number of nitrogens with zero attached hydrogens (tertiary/aromatic N) is 2. The van der Waals surface area contributed by atoms with Gasteiger partial charge in [-0.25, -0.2) is 4.79 Å². The number of aromatic amines is 1. The van der Waals surface area contributed by atoms with Crippen molar-refractivity contribution in [1.29, 1.82) is 0 Å². The van der Waals surface area contributed by atoms with Gasteiger partial charge in [-0.05, 0) is 24.3 Å². The molecule has 0 aliphatic rings. The highest BCUT2D eigenvalue weighted by Crippen LogP contribution is 2.22. The zero-order valence-electron chi connectivity index (χ0n) is 10.6. The van der Waals surface area contributed by atoms with Gasteiger partial charge in [0.25, 0.3) is 5.89 Å². The molecule has 21 heavy (non-hydrogen) atoms. The highest BCUT2D eigenvalue weighted by Gasteiger charge is 2.13. The molecule has 2 N–H and O–H groups in total. The molecule has 0 amide bonds. The van der Waals surface area contributed by atoms with Crippen LogP contribution in [0.15, 0.2) is 51.9 Å². The van der Waals surface area contributed by atoms with Crippen LogP contribution in [0, 0.1) is 0 Å². The van der Waals surface area contributed by atoms with E-state index in [0.29, 0.717) is 5.56 Å². The van der Waals surface area contributed by atoms with E-state index in [1.54, 1.807) is 12.1 Å². The number of pyridine rings is 1. The maximum atomic E-state index is 11.7. The lowest BCUT2D eigenvalue weighted by atomic mass is 10.1. The summed E-state index contributed by atoms with van der Waals surface area (Å²) in [4.78, 5) is 25.2. The number of H-pyrrole nitrogens is 1. The SMILES string of the molecule is O=C(O)c1ccc(-c2nnc(-c3c[nH]ccc3=O)o2)cc1. The molecule has 0 radical (unpaired) electrons. The number of carbonyl (C=O) groups is 1. The van der Waals surface area contributed by atoms with E-state index in [2.05, 4.69) is 15.2 Å². The number of aromatic nitrogens is 3. The first-order valence-electron chi connectivity index (χ1n) is 6.00. The summed E-state index contributed by atoms with van der Waals surface area (Å²) in [5.41, 5.74) is 0.785. The Labute approximate surface area is 117 Å². The van der Waals surface area contributed by atoms with Gasteiger partial charge >= 0.3 is 5.97 Å². The summed E-state index contributed by atoms with van der Waals surface area (Å²) in [5, 5.41) is 16.5. The van der Waals surface area contributed by atoms with Crippen molar-refractivity contribution in [2.75, 3.05) is 0 Å². The van der Waals surface area contributed by atoms with Gasteiger partial charge in [0.2, 0.25) is 5.89 Å². The average Bonchev–Trinajstić information content (AvgIpc) is 2.97. The van der Waals surface area contributed by atoms with Crippen molar-refractivity contribution in [2.45, 2.75) is 0 Å². The van der Waals surface area contributed by atoms with Crippen LogP contribution in [0.25, 0.3) is 22.9 Å². The zero-order valence-corrected chi connectivity index (χ0v) is 10.6. The van der Waals surface area contributed by atoms with Crippen molar-refractivity contribution in [1.82, 2.24) is 15.2 Å². The molecule has 0 bridgehead atoms. The van der Waals surface area contributed by atoms with Crippen LogP contribution in [0.4, 0.5) is 0 Å². The summed E-state index contributed by atoms with van der Waals surface area (Å²) in [6.07, 6.45) is 2.99. The predicted octanol–water partition coefficient (Wildman–Crippen LogP) is 1.79. The zero-order chi connectivity index (χ0) is 14.8. The highest BCUT2D eigenvalue weighted by atomic mass is 16.4. The summed E-state index contributed by atoms with van der Waals surface area (Å²) in [7, 11) is 0. The van der Waals surface area contributed by atoms with Gasteiger partial charge in [-0.2, -0.15) is 0 Å².